The molecule has 2 saturated heterocycles. The number of rotatable bonds is 8. The normalized spacial score (nSPS) is 20.1. The molecule has 0 bridgehead atoms. The minimum Gasteiger partial charge on any atom is -0.394 e. The van der Waals surface area contributed by atoms with E-state index in [4.69, 9.17) is 4.74 Å². The lowest BCUT2D eigenvalue weighted by Crippen LogP contribution is -2.58. The molecule has 38 heavy (non-hydrogen) atoms. The van der Waals surface area contributed by atoms with E-state index < -0.39 is 21.1 Å². The molecular weight excluding hydrogens is 506 g/mol. The average molecular weight is 544 g/mol. The van der Waals surface area contributed by atoms with Crippen LogP contribution in [0.2, 0.25) is 0 Å². The molecule has 0 unspecified atom stereocenters. The summed E-state index contributed by atoms with van der Waals surface area (Å²) in [5, 5.41) is 15.8. The van der Waals surface area contributed by atoms with Crippen LogP contribution in [0.25, 0.3) is 0 Å². The molecule has 3 aliphatic rings. The lowest BCUT2D eigenvalue weighted by Gasteiger charge is -2.40. The number of pyridine rings is 1. The highest BCUT2D eigenvalue weighted by atomic mass is 32.2. The van der Waals surface area contributed by atoms with Crippen LogP contribution in [-0.4, -0.2) is 68.4 Å². The standard InChI is InChI=1S/C27H37N5O5S/c1-25(2,3)31-38(35,36)19-7-8-20(21(15-19)32-13-11-26(9-10-26)12-14-32)24(34)29-22-5-4-6-23(28-22)30-27(16-33)17-37-18-27/h4-8,15,31,33H,9-14,16-18H2,1-3H3,(H2,28,29,30,34). The second-order valence-corrected chi connectivity index (χ2v) is 13.6. The largest absolute Gasteiger partial charge is 0.394 e. The molecule has 1 amide bonds. The Labute approximate surface area is 224 Å². The number of hydrogen-bond donors (Lipinski definition) is 4. The van der Waals surface area contributed by atoms with E-state index in [1.807, 2.05) is 0 Å². The molecule has 1 aromatic heterocycles. The van der Waals surface area contributed by atoms with Crippen LogP contribution in [0.15, 0.2) is 41.3 Å². The van der Waals surface area contributed by atoms with Gasteiger partial charge in [-0.1, -0.05) is 6.07 Å². The first-order valence-corrected chi connectivity index (χ1v) is 14.6. The van der Waals surface area contributed by atoms with Crippen LogP contribution in [0, 0.1) is 5.41 Å². The quantitative estimate of drug-likeness (QED) is 0.400. The van der Waals surface area contributed by atoms with Gasteiger partial charge in [0.2, 0.25) is 10.0 Å². The SMILES string of the molecule is CC(C)(C)NS(=O)(=O)c1ccc(C(=O)Nc2cccc(NC3(CO)COC3)n2)c(N2CCC3(CC2)CC3)c1. The molecule has 1 aliphatic carbocycles. The van der Waals surface area contributed by atoms with Crippen LogP contribution in [0.3, 0.4) is 0 Å². The van der Waals surface area contributed by atoms with E-state index in [2.05, 4.69) is 25.2 Å². The molecule has 2 aliphatic heterocycles. The van der Waals surface area contributed by atoms with Crippen molar-refractivity contribution in [3.63, 3.8) is 0 Å². The number of sulfonamides is 1. The predicted molar refractivity (Wildman–Crippen MR) is 146 cm³/mol. The third-order valence-corrected chi connectivity index (χ3v) is 9.29. The minimum absolute atomic E-state index is 0.0922. The van der Waals surface area contributed by atoms with Crippen molar-refractivity contribution in [1.29, 1.82) is 0 Å². The number of nitrogens with zero attached hydrogens (tertiary/aromatic N) is 2. The van der Waals surface area contributed by atoms with Crippen LogP contribution < -0.4 is 20.3 Å². The molecule has 10 nitrogen and oxygen atoms in total. The maximum atomic E-state index is 13.5. The first-order valence-electron chi connectivity index (χ1n) is 13.1. The number of amides is 1. The Morgan fingerprint density at radius 2 is 1.76 bits per heavy atom. The summed E-state index contributed by atoms with van der Waals surface area (Å²) in [5.74, 6) is 0.495. The van der Waals surface area contributed by atoms with Crippen LogP contribution in [-0.2, 0) is 14.8 Å². The third-order valence-electron chi connectivity index (χ3n) is 7.53. The number of carbonyl (C=O) groups excluding carboxylic acids is 1. The van der Waals surface area contributed by atoms with Crippen molar-refractivity contribution in [1.82, 2.24) is 9.71 Å². The Balaban J connectivity index is 1.41. The number of hydrogen-bond acceptors (Lipinski definition) is 8. The van der Waals surface area contributed by atoms with E-state index in [-0.39, 0.29) is 17.4 Å². The van der Waals surface area contributed by atoms with Crippen LogP contribution in [0.4, 0.5) is 17.3 Å². The van der Waals surface area contributed by atoms with Gasteiger partial charge in [-0.2, -0.15) is 0 Å². The Bertz CT molecular complexity index is 1300. The molecular formula is C27H37N5O5S. The average Bonchev–Trinajstić information content (AvgIpc) is 3.59. The van der Waals surface area contributed by atoms with Gasteiger partial charge in [0.25, 0.3) is 5.91 Å². The topological polar surface area (TPSA) is 133 Å². The van der Waals surface area contributed by atoms with Gasteiger partial charge >= 0.3 is 0 Å². The minimum atomic E-state index is -3.77. The van der Waals surface area contributed by atoms with E-state index in [9.17, 15) is 18.3 Å². The van der Waals surface area contributed by atoms with Gasteiger partial charge in [0.1, 0.15) is 17.2 Å². The monoisotopic (exact) mass is 543 g/mol. The number of aliphatic hydroxyl groups is 1. The highest BCUT2D eigenvalue weighted by Gasteiger charge is 2.45. The lowest BCUT2D eigenvalue weighted by atomic mass is 9.93. The van der Waals surface area contributed by atoms with Gasteiger partial charge in [-0.15, -0.1) is 0 Å². The molecule has 1 spiro atoms. The Morgan fingerprint density at radius 3 is 2.34 bits per heavy atom. The first-order chi connectivity index (χ1) is 17.9. The fourth-order valence-electron chi connectivity index (χ4n) is 5.07. The molecule has 3 heterocycles. The van der Waals surface area contributed by atoms with Gasteiger partial charge in [0, 0.05) is 18.6 Å². The fourth-order valence-corrected chi connectivity index (χ4v) is 6.51. The number of piperidine rings is 1. The molecule has 1 saturated carbocycles. The van der Waals surface area contributed by atoms with Crippen molar-refractivity contribution < 1.29 is 23.1 Å². The van der Waals surface area contributed by atoms with Crippen molar-refractivity contribution in [2.24, 2.45) is 5.41 Å². The number of ether oxygens (including phenoxy) is 1. The summed E-state index contributed by atoms with van der Waals surface area (Å²) in [5.41, 5.74) is 0.230. The number of anilines is 3. The Kier molecular flexibility index (Phi) is 6.91. The zero-order chi connectivity index (χ0) is 27.2. The Hall–Kier alpha value is -2.73. The highest BCUT2D eigenvalue weighted by molar-refractivity contribution is 7.89. The third kappa shape index (κ3) is 5.80. The van der Waals surface area contributed by atoms with Gasteiger partial charge in [-0.25, -0.2) is 18.1 Å². The van der Waals surface area contributed by atoms with E-state index in [0.29, 0.717) is 41.5 Å². The summed E-state index contributed by atoms with van der Waals surface area (Å²) in [4.78, 5) is 20.3. The Morgan fingerprint density at radius 1 is 1.08 bits per heavy atom. The van der Waals surface area contributed by atoms with Crippen molar-refractivity contribution in [3.05, 3.63) is 42.0 Å². The zero-order valence-electron chi connectivity index (χ0n) is 22.2. The molecule has 206 valence electrons. The molecule has 0 radical (unpaired) electrons. The summed E-state index contributed by atoms with van der Waals surface area (Å²) in [6.07, 6.45) is 4.57. The summed E-state index contributed by atoms with van der Waals surface area (Å²) in [6, 6.07) is 9.89. The molecule has 0 atom stereocenters. The lowest BCUT2D eigenvalue weighted by molar-refractivity contribution is -0.0651. The molecule has 2 aromatic rings. The number of carbonyl (C=O) groups is 1. The van der Waals surface area contributed by atoms with Crippen LogP contribution in [0.1, 0.15) is 56.8 Å². The smallest absolute Gasteiger partial charge is 0.258 e. The van der Waals surface area contributed by atoms with Gasteiger partial charge in [-0.05, 0) is 82.2 Å². The van der Waals surface area contributed by atoms with E-state index >= 15 is 0 Å². The van der Waals surface area contributed by atoms with Gasteiger partial charge < -0.3 is 25.4 Å². The van der Waals surface area contributed by atoms with Crippen LogP contribution in [0.5, 0.6) is 0 Å². The molecule has 1 aromatic carbocycles. The predicted octanol–water partition coefficient (Wildman–Crippen LogP) is 2.96. The maximum Gasteiger partial charge on any atom is 0.258 e. The molecule has 4 N–H and O–H groups in total. The summed E-state index contributed by atoms with van der Waals surface area (Å²) in [7, 11) is -3.77. The van der Waals surface area contributed by atoms with Gasteiger partial charge in [-0.3, -0.25) is 4.79 Å². The van der Waals surface area contributed by atoms with Gasteiger partial charge in [0.15, 0.2) is 0 Å². The van der Waals surface area contributed by atoms with E-state index in [1.165, 1.54) is 18.9 Å². The number of benzene rings is 1. The fraction of sp³-hybridized carbons (Fsp3) is 0.556. The zero-order valence-corrected chi connectivity index (χ0v) is 23.0. The first kappa shape index (κ1) is 26.9. The van der Waals surface area contributed by atoms with Crippen LogP contribution >= 0.6 is 0 Å². The molecule has 11 heteroatoms. The van der Waals surface area contributed by atoms with Crippen molar-refractivity contribution >= 4 is 33.3 Å². The summed E-state index contributed by atoms with van der Waals surface area (Å²) in [6.45, 7) is 7.60. The summed E-state index contributed by atoms with van der Waals surface area (Å²) < 4.78 is 34.1. The molecule has 3 fully saturated rings. The van der Waals surface area contributed by atoms with Crippen molar-refractivity contribution in [3.8, 4) is 0 Å². The highest BCUT2D eigenvalue weighted by Crippen LogP contribution is 2.54. The number of aromatic nitrogens is 1. The molecule has 5 rings (SSSR count). The number of nitrogens with one attached hydrogen (secondary N) is 3. The van der Waals surface area contributed by atoms with Crippen molar-refractivity contribution in [2.45, 2.75) is 62.4 Å². The second kappa shape index (κ2) is 9.78. The van der Waals surface area contributed by atoms with E-state index in [0.717, 1.165) is 25.9 Å². The van der Waals surface area contributed by atoms with E-state index in [1.54, 1.807) is 51.1 Å². The van der Waals surface area contributed by atoms with Crippen molar-refractivity contribution in [2.75, 3.05) is 48.4 Å². The van der Waals surface area contributed by atoms with Gasteiger partial charge in [0.05, 0.1) is 36.0 Å². The second-order valence-electron chi connectivity index (χ2n) is 11.9. The summed E-state index contributed by atoms with van der Waals surface area (Å²) >= 11 is 0. The maximum absolute atomic E-state index is 13.5. The number of aliphatic hydroxyl groups excluding tert-OH is 1.